The maximum absolute atomic E-state index is 11.9. The van der Waals surface area contributed by atoms with Crippen LogP contribution in [-0.2, 0) is 9.59 Å². The predicted octanol–water partition coefficient (Wildman–Crippen LogP) is 6.40. The average molecular weight is 650 g/mol. The lowest BCUT2D eigenvalue weighted by Crippen LogP contribution is -2.62. The van der Waals surface area contributed by atoms with Gasteiger partial charge in [-0.15, -0.1) is 0 Å². The Morgan fingerprint density at radius 2 is 0.739 bits per heavy atom. The first-order valence-corrected chi connectivity index (χ1v) is 18.1. The van der Waals surface area contributed by atoms with Gasteiger partial charge in [-0.2, -0.15) is 0 Å². The third-order valence-electron chi connectivity index (χ3n) is 12.7. The van der Waals surface area contributed by atoms with E-state index >= 15 is 0 Å². The number of nitrogens with zero attached hydrogens (tertiary/aromatic N) is 5. The minimum atomic E-state index is -0.133. The summed E-state index contributed by atoms with van der Waals surface area (Å²) in [5.74, 6) is 0. The molecule has 0 aromatic heterocycles. The fraction of sp³-hybridized carbons (Fsp3) is 0.947. The highest BCUT2D eigenvalue weighted by Crippen LogP contribution is 2.40. The first kappa shape index (κ1) is 41.0. The zero-order chi connectivity index (χ0) is 35.5. The maximum atomic E-state index is 11.9. The summed E-state index contributed by atoms with van der Waals surface area (Å²) in [5, 5.41) is 9.67. The Morgan fingerprint density at radius 3 is 0.978 bits per heavy atom. The number of carbonyl (C=O) groups excluding carboxylic acids is 2. The third kappa shape index (κ3) is 10.1. The van der Waals surface area contributed by atoms with Gasteiger partial charge < -0.3 is 14.9 Å². The summed E-state index contributed by atoms with van der Waals surface area (Å²) in [5.41, 5.74) is 0.598. The largest absolute Gasteiger partial charge is 0.393 e. The number of hydrogen-bond acceptors (Lipinski definition) is 6. The standard InChI is InChI=1S/C28H54N4O2.C10H21NO/c1-25(2)17-23(18-26(3,4)29(25)9)31(21-33)15-13-11-12-14-16-32(22-34)24-19-27(5,6)30(10)28(7,8)20-24;1-9(2)6-8(12)7-10(3,4)11(9)5/h21-24H,11-20H2,1-10H3;8,12H,6-7H2,1-5H3. The number of rotatable bonds is 11. The normalized spacial score (nSPS) is 26.5. The van der Waals surface area contributed by atoms with Crippen molar-refractivity contribution in [2.45, 2.75) is 199 Å². The van der Waals surface area contributed by atoms with Gasteiger partial charge in [-0.1, -0.05) is 12.8 Å². The van der Waals surface area contributed by atoms with E-state index in [4.69, 9.17) is 0 Å². The molecule has 3 saturated heterocycles. The lowest BCUT2D eigenvalue weighted by molar-refractivity contribution is -0.126. The summed E-state index contributed by atoms with van der Waals surface area (Å²) in [4.78, 5) is 35.2. The molecule has 8 heteroatoms. The van der Waals surface area contributed by atoms with Gasteiger partial charge in [-0.25, -0.2) is 0 Å². The smallest absolute Gasteiger partial charge is 0.209 e. The van der Waals surface area contributed by atoms with Gasteiger partial charge in [0.15, 0.2) is 0 Å². The van der Waals surface area contributed by atoms with Gasteiger partial charge in [0, 0.05) is 58.4 Å². The van der Waals surface area contributed by atoms with Crippen molar-refractivity contribution in [2.75, 3.05) is 34.2 Å². The summed E-state index contributed by atoms with van der Waals surface area (Å²) >= 11 is 0. The molecule has 0 saturated carbocycles. The number of unbranched alkanes of at least 4 members (excludes halogenated alkanes) is 3. The van der Waals surface area contributed by atoms with Crippen molar-refractivity contribution in [2.24, 2.45) is 0 Å². The molecule has 0 aromatic carbocycles. The zero-order valence-electron chi connectivity index (χ0n) is 32.9. The minimum Gasteiger partial charge on any atom is -0.393 e. The topological polar surface area (TPSA) is 70.6 Å². The quantitative estimate of drug-likeness (QED) is 0.207. The van der Waals surface area contributed by atoms with Gasteiger partial charge >= 0.3 is 0 Å². The van der Waals surface area contributed by atoms with Crippen molar-refractivity contribution in [1.82, 2.24) is 24.5 Å². The number of aliphatic hydroxyl groups is 1. The molecule has 3 heterocycles. The molecule has 46 heavy (non-hydrogen) atoms. The molecule has 0 radical (unpaired) electrons. The Labute approximate surface area is 284 Å². The van der Waals surface area contributed by atoms with Crippen LogP contribution < -0.4 is 0 Å². The van der Waals surface area contributed by atoms with E-state index < -0.39 is 0 Å². The van der Waals surface area contributed by atoms with Gasteiger partial charge in [-0.05, 0) is 156 Å². The molecule has 3 aliphatic rings. The Kier molecular flexibility index (Phi) is 13.5. The number of aliphatic hydroxyl groups excluding tert-OH is 1. The van der Waals surface area contributed by atoms with Crippen molar-refractivity contribution in [3.63, 3.8) is 0 Å². The molecule has 0 unspecified atom stereocenters. The van der Waals surface area contributed by atoms with Crippen LogP contribution in [0.2, 0.25) is 0 Å². The van der Waals surface area contributed by atoms with Crippen LogP contribution in [0.1, 0.15) is 147 Å². The van der Waals surface area contributed by atoms with Crippen LogP contribution in [0.4, 0.5) is 0 Å². The molecule has 0 atom stereocenters. The number of carbonyl (C=O) groups is 2. The van der Waals surface area contributed by atoms with E-state index in [9.17, 15) is 14.7 Å². The van der Waals surface area contributed by atoms with E-state index in [0.717, 1.165) is 90.1 Å². The van der Waals surface area contributed by atoms with Crippen LogP contribution in [0.5, 0.6) is 0 Å². The molecule has 3 aliphatic heterocycles. The van der Waals surface area contributed by atoms with Gasteiger partial charge in [0.2, 0.25) is 12.8 Å². The summed E-state index contributed by atoms with van der Waals surface area (Å²) < 4.78 is 0. The molecule has 8 nitrogen and oxygen atoms in total. The molecular weight excluding hydrogens is 574 g/mol. The number of hydrogen-bond donors (Lipinski definition) is 1. The molecule has 2 amide bonds. The molecular formula is C38H75N5O3. The Balaban J connectivity index is 0.000000512. The maximum Gasteiger partial charge on any atom is 0.209 e. The van der Waals surface area contributed by atoms with Crippen LogP contribution in [0.3, 0.4) is 0 Å². The summed E-state index contributed by atoms with van der Waals surface area (Å²) in [6.07, 6.45) is 12.1. The highest BCUT2D eigenvalue weighted by Gasteiger charge is 2.46. The van der Waals surface area contributed by atoms with E-state index in [-0.39, 0.29) is 39.3 Å². The molecule has 1 N–H and O–H groups in total. The Morgan fingerprint density at radius 1 is 0.500 bits per heavy atom. The van der Waals surface area contributed by atoms with E-state index in [1.165, 1.54) is 0 Å². The van der Waals surface area contributed by atoms with E-state index in [1.54, 1.807) is 0 Å². The number of piperidine rings is 3. The Hall–Kier alpha value is -1.22. The SMILES string of the molecule is CN1C(C)(C)CC(N(C=O)CCCCCCN(C=O)C2CC(C)(C)N(C)C(C)(C)C2)CC1(C)C.CN1C(C)(C)CC(O)CC1(C)C. The second kappa shape index (κ2) is 15.1. The lowest BCUT2D eigenvalue weighted by Gasteiger charge is -2.55. The van der Waals surface area contributed by atoms with Crippen molar-refractivity contribution in [1.29, 1.82) is 0 Å². The fourth-order valence-electron chi connectivity index (χ4n) is 9.01. The van der Waals surface area contributed by atoms with Crippen LogP contribution in [0, 0.1) is 0 Å². The molecule has 270 valence electrons. The van der Waals surface area contributed by atoms with E-state index in [1.807, 2.05) is 0 Å². The van der Waals surface area contributed by atoms with Gasteiger partial charge in [-0.3, -0.25) is 24.3 Å². The first-order valence-electron chi connectivity index (χ1n) is 18.1. The predicted molar refractivity (Wildman–Crippen MR) is 193 cm³/mol. The van der Waals surface area contributed by atoms with Crippen molar-refractivity contribution in [3.05, 3.63) is 0 Å². The molecule has 0 spiro atoms. The van der Waals surface area contributed by atoms with Crippen LogP contribution in [0.15, 0.2) is 0 Å². The number of likely N-dealkylation sites (tertiary alicyclic amines) is 3. The zero-order valence-corrected chi connectivity index (χ0v) is 32.9. The van der Waals surface area contributed by atoms with E-state index in [0.29, 0.717) is 12.1 Å². The number of amides is 2. The van der Waals surface area contributed by atoms with E-state index in [2.05, 4.69) is 129 Å². The van der Waals surface area contributed by atoms with Crippen LogP contribution >= 0.6 is 0 Å². The van der Waals surface area contributed by atoms with Crippen molar-refractivity contribution in [3.8, 4) is 0 Å². The average Bonchev–Trinajstić information content (AvgIpc) is 2.89. The molecule has 0 bridgehead atoms. The minimum absolute atomic E-state index is 0.0863. The summed E-state index contributed by atoms with van der Waals surface area (Å²) in [6, 6.07) is 0.612. The third-order valence-corrected chi connectivity index (χ3v) is 12.7. The van der Waals surface area contributed by atoms with Crippen molar-refractivity contribution < 1.29 is 14.7 Å². The first-order chi connectivity index (χ1) is 20.8. The highest BCUT2D eigenvalue weighted by molar-refractivity contribution is 5.48. The van der Waals surface area contributed by atoms with Gasteiger partial charge in [0.25, 0.3) is 0 Å². The molecule has 3 rings (SSSR count). The molecule has 0 aliphatic carbocycles. The molecule has 3 fully saturated rings. The Bertz CT molecular complexity index is 879. The summed E-state index contributed by atoms with van der Waals surface area (Å²) in [6.45, 7) is 28.7. The highest BCUT2D eigenvalue weighted by atomic mass is 16.3. The summed E-state index contributed by atoms with van der Waals surface area (Å²) in [7, 11) is 6.56. The lowest BCUT2D eigenvalue weighted by atomic mass is 9.77. The van der Waals surface area contributed by atoms with Gasteiger partial charge in [0.1, 0.15) is 0 Å². The second-order valence-electron chi connectivity index (χ2n) is 18.8. The monoisotopic (exact) mass is 650 g/mol. The van der Waals surface area contributed by atoms with Gasteiger partial charge in [0.05, 0.1) is 6.10 Å². The van der Waals surface area contributed by atoms with Crippen molar-refractivity contribution >= 4 is 12.8 Å². The van der Waals surface area contributed by atoms with Crippen LogP contribution in [0.25, 0.3) is 0 Å². The van der Waals surface area contributed by atoms with Crippen LogP contribution in [-0.4, -0.2) is 128 Å². The fourth-order valence-corrected chi connectivity index (χ4v) is 9.01. The second-order valence-corrected chi connectivity index (χ2v) is 18.8. The molecule has 0 aromatic rings.